The molecule has 116 valence electrons. The number of hydrogen-bond acceptors (Lipinski definition) is 3. The van der Waals surface area contributed by atoms with E-state index in [1.165, 1.54) is 12.1 Å². The summed E-state index contributed by atoms with van der Waals surface area (Å²) in [5.41, 5.74) is 1.21. The molecule has 0 aliphatic carbocycles. The van der Waals surface area contributed by atoms with Crippen LogP contribution in [0.4, 0.5) is 10.1 Å². The van der Waals surface area contributed by atoms with Crippen LogP contribution >= 0.6 is 0 Å². The summed E-state index contributed by atoms with van der Waals surface area (Å²) in [5, 5.41) is 3.48. The van der Waals surface area contributed by atoms with Crippen LogP contribution in [0.5, 0.6) is 5.75 Å². The highest BCUT2D eigenvalue weighted by molar-refractivity contribution is 6.09. The lowest BCUT2D eigenvalue weighted by Gasteiger charge is -2.12. The largest absolute Gasteiger partial charge is 0.492 e. The number of nitrogens with one attached hydrogen (secondary N) is 1. The van der Waals surface area contributed by atoms with E-state index < -0.39 is 11.7 Å². The zero-order chi connectivity index (χ0) is 16.2. The molecule has 0 saturated heterocycles. The number of carbonyl (C=O) groups is 1. The zero-order valence-electron chi connectivity index (χ0n) is 12.5. The minimum Gasteiger partial charge on any atom is -0.492 e. The van der Waals surface area contributed by atoms with Gasteiger partial charge >= 0.3 is 0 Å². The molecule has 2 aromatic carbocycles. The number of benzene rings is 2. The molecule has 0 radical (unpaired) electrons. The molecule has 4 nitrogen and oxygen atoms in total. The first-order chi connectivity index (χ1) is 11.2. The molecule has 0 spiro atoms. The van der Waals surface area contributed by atoms with Gasteiger partial charge in [0.05, 0.1) is 17.9 Å². The van der Waals surface area contributed by atoms with E-state index in [9.17, 15) is 9.18 Å². The monoisotopic (exact) mass is 310 g/mol. The minimum atomic E-state index is -0.557. The number of aromatic nitrogens is 1. The van der Waals surface area contributed by atoms with Gasteiger partial charge in [0, 0.05) is 11.6 Å². The predicted octanol–water partition coefficient (Wildman–Crippen LogP) is 4.02. The Balaban J connectivity index is 1.99. The number of hydrogen-bond donors (Lipinski definition) is 1. The van der Waals surface area contributed by atoms with Crippen molar-refractivity contribution in [2.75, 3.05) is 11.9 Å². The number of anilines is 1. The Morgan fingerprint density at radius 3 is 2.78 bits per heavy atom. The van der Waals surface area contributed by atoms with Crippen LogP contribution in [0.3, 0.4) is 0 Å². The third kappa shape index (κ3) is 2.99. The summed E-state index contributed by atoms with van der Waals surface area (Å²) in [6, 6.07) is 13.0. The number of rotatable bonds is 4. The van der Waals surface area contributed by atoms with Crippen LogP contribution in [0.15, 0.2) is 54.7 Å². The molecule has 0 unspecified atom stereocenters. The fourth-order valence-electron chi connectivity index (χ4n) is 2.36. The average Bonchev–Trinajstić information content (AvgIpc) is 2.57. The maximum absolute atomic E-state index is 13.7. The number of ether oxygens (including phenoxy) is 1. The van der Waals surface area contributed by atoms with E-state index in [1.807, 2.05) is 13.0 Å². The normalized spacial score (nSPS) is 10.5. The van der Waals surface area contributed by atoms with Gasteiger partial charge in [0.15, 0.2) is 0 Å². The molecule has 0 aliphatic heterocycles. The molecule has 3 aromatic rings. The zero-order valence-corrected chi connectivity index (χ0v) is 12.5. The lowest BCUT2D eigenvalue weighted by molar-refractivity contribution is 0.102. The molecule has 3 rings (SSSR count). The van der Waals surface area contributed by atoms with Crippen molar-refractivity contribution in [3.8, 4) is 5.75 Å². The van der Waals surface area contributed by atoms with Crippen LogP contribution in [0.25, 0.3) is 10.9 Å². The molecule has 1 heterocycles. The van der Waals surface area contributed by atoms with E-state index in [2.05, 4.69) is 10.3 Å². The van der Waals surface area contributed by atoms with Crippen molar-refractivity contribution in [1.29, 1.82) is 0 Å². The van der Waals surface area contributed by atoms with Gasteiger partial charge in [0.2, 0.25) is 0 Å². The predicted molar refractivity (Wildman–Crippen MR) is 87.3 cm³/mol. The van der Waals surface area contributed by atoms with Crippen molar-refractivity contribution >= 4 is 22.5 Å². The summed E-state index contributed by atoms with van der Waals surface area (Å²) in [5.74, 6) is -0.414. The fourth-order valence-corrected chi connectivity index (χ4v) is 2.36. The van der Waals surface area contributed by atoms with E-state index in [4.69, 9.17) is 4.74 Å². The number of fused-ring (bicyclic) bond motifs is 1. The molecular formula is C18H15FN2O2. The van der Waals surface area contributed by atoms with Gasteiger partial charge in [-0.05, 0) is 43.3 Å². The minimum absolute atomic E-state index is 0.00146. The molecule has 23 heavy (non-hydrogen) atoms. The Kier molecular flexibility index (Phi) is 4.19. The number of halogens is 1. The summed E-state index contributed by atoms with van der Waals surface area (Å²) in [6.45, 7) is 2.41. The van der Waals surface area contributed by atoms with Gasteiger partial charge in [-0.1, -0.05) is 12.1 Å². The summed E-state index contributed by atoms with van der Waals surface area (Å²) < 4.78 is 19.3. The Morgan fingerprint density at radius 1 is 1.17 bits per heavy atom. The second-order valence-corrected chi connectivity index (χ2v) is 4.88. The topological polar surface area (TPSA) is 51.2 Å². The van der Waals surface area contributed by atoms with Crippen LogP contribution in [0.2, 0.25) is 0 Å². The Morgan fingerprint density at radius 2 is 2.00 bits per heavy atom. The Bertz CT molecular complexity index is 865. The number of amides is 1. The highest BCUT2D eigenvalue weighted by Crippen LogP contribution is 2.30. The van der Waals surface area contributed by atoms with Gasteiger partial charge in [-0.3, -0.25) is 9.78 Å². The summed E-state index contributed by atoms with van der Waals surface area (Å²) in [4.78, 5) is 16.6. The molecule has 0 aliphatic rings. The fraction of sp³-hybridized carbons (Fsp3) is 0.111. The Labute approximate surface area is 132 Å². The maximum atomic E-state index is 13.7. The quantitative estimate of drug-likeness (QED) is 0.791. The van der Waals surface area contributed by atoms with Crippen molar-refractivity contribution in [2.45, 2.75) is 6.92 Å². The first kappa shape index (κ1) is 15.0. The smallest absolute Gasteiger partial charge is 0.258 e. The van der Waals surface area contributed by atoms with E-state index in [-0.39, 0.29) is 5.56 Å². The van der Waals surface area contributed by atoms with Gasteiger partial charge in [0.25, 0.3) is 5.91 Å². The SMILES string of the molecule is CCOc1ccc(NC(=O)c2ccccc2F)c2cccnc12. The van der Waals surface area contributed by atoms with Crippen LogP contribution < -0.4 is 10.1 Å². The van der Waals surface area contributed by atoms with E-state index in [1.54, 1.807) is 36.5 Å². The molecule has 0 saturated carbocycles. The van der Waals surface area contributed by atoms with Crippen molar-refractivity contribution in [3.63, 3.8) is 0 Å². The highest BCUT2D eigenvalue weighted by Gasteiger charge is 2.14. The summed E-state index contributed by atoms with van der Waals surface area (Å²) in [6.07, 6.45) is 1.66. The van der Waals surface area contributed by atoms with Gasteiger partial charge in [-0.2, -0.15) is 0 Å². The lowest BCUT2D eigenvalue weighted by Crippen LogP contribution is -2.14. The molecular weight excluding hydrogens is 295 g/mol. The van der Waals surface area contributed by atoms with Crippen LogP contribution in [-0.2, 0) is 0 Å². The summed E-state index contributed by atoms with van der Waals surface area (Å²) >= 11 is 0. The van der Waals surface area contributed by atoms with Crippen LogP contribution in [0, 0.1) is 5.82 Å². The molecule has 1 aromatic heterocycles. The third-order valence-corrected chi connectivity index (χ3v) is 3.40. The van der Waals surface area contributed by atoms with Crippen molar-refractivity contribution < 1.29 is 13.9 Å². The second-order valence-electron chi connectivity index (χ2n) is 4.88. The standard InChI is InChI=1S/C18H15FN2O2/c1-2-23-16-10-9-15(13-7-5-11-20-17(13)16)21-18(22)12-6-3-4-8-14(12)19/h3-11H,2H2,1H3,(H,21,22). The third-order valence-electron chi connectivity index (χ3n) is 3.40. The molecule has 5 heteroatoms. The van der Waals surface area contributed by atoms with Gasteiger partial charge in [-0.15, -0.1) is 0 Å². The van der Waals surface area contributed by atoms with E-state index in [0.29, 0.717) is 23.6 Å². The number of carbonyl (C=O) groups excluding carboxylic acids is 1. The average molecular weight is 310 g/mol. The molecule has 0 atom stereocenters. The van der Waals surface area contributed by atoms with Crippen LogP contribution in [-0.4, -0.2) is 17.5 Å². The molecule has 1 amide bonds. The first-order valence-corrected chi connectivity index (χ1v) is 7.27. The van der Waals surface area contributed by atoms with E-state index in [0.717, 1.165) is 5.39 Å². The molecule has 0 bridgehead atoms. The second kappa shape index (κ2) is 6.44. The van der Waals surface area contributed by atoms with E-state index >= 15 is 0 Å². The first-order valence-electron chi connectivity index (χ1n) is 7.27. The van der Waals surface area contributed by atoms with Gasteiger partial charge < -0.3 is 10.1 Å². The number of nitrogens with zero attached hydrogens (tertiary/aromatic N) is 1. The molecule has 0 fully saturated rings. The summed E-state index contributed by atoms with van der Waals surface area (Å²) in [7, 11) is 0. The molecule has 1 N–H and O–H groups in total. The van der Waals surface area contributed by atoms with Gasteiger partial charge in [0.1, 0.15) is 17.1 Å². The van der Waals surface area contributed by atoms with Crippen LogP contribution in [0.1, 0.15) is 17.3 Å². The lowest BCUT2D eigenvalue weighted by atomic mass is 10.1. The van der Waals surface area contributed by atoms with Crippen molar-refractivity contribution in [1.82, 2.24) is 4.98 Å². The highest BCUT2D eigenvalue weighted by atomic mass is 19.1. The van der Waals surface area contributed by atoms with Crippen molar-refractivity contribution in [3.05, 3.63) is 66.1 Å². The Hall–Kier alpha value is -2.95. The van der Waals surface area contributed by atoms with Gasteiger partial charge in [-0.25, -0.2) is 4.39 Å². The van der Waals surface area contributed by atoms with Crippen molar-refractivity contribution in [2.24, 2.45) is 0 Å². The maximum Gasteiger partial charge on any atom is 0.258 e. The number of pyridine rings is 1.